The summed E-state index contributed by atoms with van der Waals surface area (Å²) in [6.07, 6.45) is 0. The predicted octanol–water partition coefficient (Wildman–Crippen LogP) is 1.68. The van der Waals surface area contributed by atoms with E-state index in [1.54, 1.807) is 18.2 Å². The minimum Gasteiger partial charge on any atom is -0.484 e. The second-order valence-electron chi connectivity index (χ2n) is 5.22. The van der Waals surface area contributed by atoms with Crippen LogP contribution in [0.5, 0.6) is 5.75 Å². The van der Waals surface area contributed by atoms with Gasteiger partial charge in [-0.2, -0.15) is 0 Å². The van der Waals surface area contributed by atoms with Gasteiger partial charge in [-0.3, -0.25) is 9.59 Å². The second-order valence-corrected chi connectivity index (χ2v) is 5.63. The lowest BCUT2D eigenvalue weighted by Gasteiger charge is -2.08. The van der Waals surface area contributed by atoms with E-state index in [0.29, 0.717) is 10.8 Å². The molecular formula is C18H17ClN2O5. The van der Waals surface area contributed by atoms with Gasteiger partial charge in [0.05, 0.1) is 5.56 Å². The molecule has 0 saturated heterocycles. The lowest BCUT2D eigenvalue weighted by atomic mass is 10.2. The number of benzene rings is 2. The maximum absolute atomic E-state index is 11.9. The van der Waals surface area contributed by atoms with Crippen LogP contribution >= 0.6 is 11.6 Å². The molecular weight excluding hydrogens is 360 g/mol. The number of carbonyl (C=O) groups is 3. The van der Waals surface area contributed by atoms with Crippen LogP contribution in [0.15, 0.2) is 48.5 Å². The zero-order valence-electron chi connectivity index (χ0n) is 13.7. The van der Waals surface area contributed by atoms with E-state index in [0.717, 1.165) is 5.56 Å². The SMILES string of the molecule is NC(=O)COc1ccc(C(=O)OCC(=O)NCc2ccccc2Cl)cc1. The number of ether oxygens (including phenoxy) is 2. The van der Waals surface area contributed by atoms with Gasteiger partial charge in [-0.1, -0.05) is 29.8 Å². The Morgan fingerprint density at radius 3 is 2.35 bits per heavy atom. The topological polar surface area (TPSA) is 108 Å². The minimum absolute atomic E-state index is 0.238. The molecule has 26 heavy (non-hydrogen) atoms. The van der Waals surface area contributed by atoms with E-state index in [2.05, 4.69) is 5.32 Å². The van der Waals surface area contributed by atoms with Gasteiger partial charge in [-0.25, -0.2) is 4.79 Å². The molecule has 0 saturated carbocycles. The van der Waals surface area contributed by atoms with Crippen molar-refractivity contribution in [2.45, 2.75) is 6.54 Å². The Hall–Kier alpha value is -3.06. The lowest BCUT2D eigenvalue weighted by molar-refractivity contribution is -0.124. The summed E-state index contributed by atoms with van der Waals surface area (Å²) in [5.41, 5.74) is 5.98. The van der Waals surface area contributed by atoms with Gasteiger partial charge in [-0.15, -0.1) is 0 Å². The molecule has 2 aromatic rings. The van der Waals surface area contributed by atoms with Crippen LogP contribution < -0.4 is 15.8 Å². The number of nitrogens with one attached hydrogen (secondary N) is 1. The van der Waals surface area contributed by atoms with E-state index in [4.69, 9.17) is 26.8 Å². The monoisotopic (exact) mass is 376 g/mol. The number of esters is 1. The number of carbonyl (C=O) groups excluding carboxylic acids is 3. The highest BCUT2D eigenvalue weighted by atomic mass is 35.5. The molecule has 136 valence electrons. The number of amides is 2. The highest BCUT2D eigenvalue weighted by Gasteiger charge is 2.11. The Morgan fingerprint density at radius 2 is 1.69 bits per heavy atom. The standard InChI is InChI=1S/C18H17ClN2O5/c19-15-4-2-1-3-13(15)9-21-17(23)11-26-18(24)12-5-7-14(8-6-12)25-10-16(20)22/h1-8H,9-11H2,(H2,20,22)(H,21,23). The molecule has 2 rings (SSSR count). The van der Waals surface area contributed by atoms with Crippen LogP contribution in [0, 0.1) is 0 Å². The molecule has 7 nitrogen and oxygen atoms in total. The van der Waals surface area contributed by atoms with Crippen molar-refractivity contribution in [2.75, 3.05) is 13.2 Å². The van der Waals surface area contributed by atoms with Crippen LogP contribution in [0.4, 0.5) is 0 Å². The van der Waals surface area contributed by atoms with Gasteiger partial charge in [-0.05, 0) is 35.9 Å². The summed E-state index contributed by atoms with van der Waals surface area (Å²) in [5.74, 6) is -1.31. The highest BCUT2D eigenvalue weighted by Crippen LogP contribution is 2.14. The molecule has 0 aliphatic heterocycles. The molecule has 0 aliphatic carbocycles. The Kier molecular flexibility index (Phi) is 6.99. The molecule has 0 spiro atoms. The molecule has 0 heterocycles. The summed E-state index contributed by atoms with van der Waals surface area (Å²) >= 11 is 6.00. The van der Waals surface area contributed by atoms with Crippen molar-refractivity contribution in [1.82, 2.24) is 5.32 Å². The molecule has 2 aromatic carbocycles. The number of hydrogen-bond acceptors (Lipinski definition) is 5. The quantitative estimate of drug-likeness (QED) is 0.681. The van der Waals surface area contributed by atoms with Crippen molar-refractivity contribution in [1.29, 1.82) is 0 Å². The van der Waals surface area contributed by atoms with E-state index >= 15 is 0 Å². The Balaban J connectivity index is 1.77. The number of hydrogen-bond donors (Lipinski definition) is 2. The summed E-state index contributed by atoms with van der Waals surface area (Å²) in [4.78, 5) is 34.3. The van der Waals surface area contributed by atoms with Crippen LogP contribution in [0.25, 0.3) is 0 Å². The minimum atomic E-state index is -0.653. The third kappa shape index (κ3) is 6.10. The van der Waals surface area contributed by atoms with E-state index < -0.39 is 24.4 Å². The van der Waals surface area contributed by atoms with Crippen molar-refractivity contribution < 1.29 is 23.9 Å². The van der Waals surface area contributed by atoms with E-state index in [1.807, 2.05) is 6.07 Å². The Labute approximate surface area is 155 Å². The van der Waals surface area contributed by atoms with Crippen LogP contribution in [0.3, 0.4) is 0 Å². The molecule has 0 unspecified atom stereocenters. The highest BCUT2D eigenvalue weighted by molar-refractivity contribution is 6.31. The fourth-order valence-electron chi connectivity index (χ4n) is 1.94. The molecule has 0 fully saturated rings. The first-order chi connectivity index (χ1) is 12.5. The summed E-state index contributed by atoms with van der Waals surface area (Å²) in [5, 5.41) is 3.16. The van der Waals surface area contributed by atoms with Crippen molar-refractivity contribution in [2.24, 2.45) is 5.73 Å². The van der Waals surface area contributed by atoms with Crippen molar-refractivity contribution in [3.63, 3.8) is 0 Å². The number of halogens is 1. The van der Waals surface area contributed by atoms with Gasteiger partial charge in [0, 0.05) is 11.6 Å². The van der Waals surface area contributed by atoms with Crippen LogP contribution in [0.1, 0.15) is 15.9 Å². The molecule has 0 aliphatic rings. The van der Waals surface area contributed by atoms with Crippen LogP contribution in [0.2, 0.25) is 5.02 Å². The summed E-state index contributed by atoms with van der Waals surface area (Å²) < 4.78 is 10.0. The smallest absolute Gasteiger partial charge is 0.338 e. The van der Waals surface area contributed by atoms with Crippen molar-refractivity contribution >= 4 is 29.4 Å². The Bertz CT molecular complexity index is 792. The van der Waals surface area contributed by atoms with E-state index in [1.165, 1.54) is 24.3 Å². The molecule has 0 aromatic heterocycles. The molecule has 0 bridgehead atoms. The average Bonchev–Trinajstić information content (AvgIpc) is 2.64. The van der Waals surface area contributed by atoms with Crippen LogP contribution in [-0.2, 0) is 20.9 Å². The lowest BCUT2D eigenvalue weighted by Crippen LogP contribution is -2.28. The largest absolute Gasteiger partial charge is 0.484 e. The average molecular weight is 377 g/mol. The third-order valence-electron chi connectivity index (χ3n) is 3.24. The first-order valence-electron chi connectivity index (χ1n) is 7.64. The van der Waals surface area contributed by atoms with Gasteiger partial charge < -0.3 is 20.5 Å². The maximum atomic E-state index is 11.9. The molecule has 3 N–H and O–H groups in total. The summed E-state index contributed by atoms with van der Waals surface area (Å²) in [6, 6.07) is 13.0. The summed E-state index contributed by atoms with van der Waals surface area (Å²) in [7, 11) is 0. The predicted molar refractivity (Wildman–Crippen MR) is 94.7 cm³/mol. The maximum Gasteiger partial charge on any atom is 0.338 e. The van der Waals surface area contributed by atoms with Gasteiger partial charge in [0.1, 0.15) is 5.75 Å². The van der Waals surface area contributed by atoms with Crippen molar-refractivity contribution in [3.05, 3.63) is 64.7 Å². The normalized spacial score (nSPS) is 10.0. The zero-order chi connectivity index (χ0) is 18.9. The molecule has 0 atom stereocenters. The molecule has 2 amide bonds. The second kappa shape index (κ2) is 9.43. The van der Waals surface area contributed by atoms with Gasteiger partial charge in [0.25, 0.3) is 11.8 Å². The Morgan fingerprint density at radius 1 is 1.00 bits per heavy atom. The first-order valence-corrected chi connectivity index (χ1v) is 8.02. The number of primary amides is 1. The van der Waals surface area contributed by atoms with Gasteiger partial charge in [0.2, 0.25) is 0 Å². The van der Waals surface area contributed by atoms with E-state index in [-0.39, 0.29) is 18.7 Å². The third-order valence-corrected chi connectivity index (χ3v) is 3.61. The first kappa shape index (κ1) is 19.3. The van der Waals surface area contributed by atoms with Gasteiger partial charge >= 0.3 is 5.97 Å². The summed E-state index contributed by atoms with van der Waals surface area (Å²) in [6.45, 7) is -0.430. The fourth-order valence-corrected chi connectivity index (χ4v) is 2.15. The zero-order valence-corrected chi connectivity index (χ0v) is 14.5. The van der Waals surface area contributed by atoms with Crippen molar-refractivity contribution in [3.8, 4) is 5.75 Å². The van der Waals surface area contributed by atoms with Gasteiger partial charge in [0.15, 0.2) is 13.2 Å². The number of nitrogens with two attached hydrogens (primary N) is 1. The number of rotatable bonds is 8. The van der Waals surface area contributed by atoms with Crippen LogP contribution in [-0.4, -0.2) is 31.0 Å². The fraction of sp³-hybridized carbons (Fsp3) is 0.167. The molecule has 0 radical (unpaired) electrons. The molecule has 8 heteroatoms. The van der Waals surface area contributed by atoms with E-state index in [9.17, 15) is 14.4 Å².